The van der Waals surface area contributed by atoms with Crippen molar-refractivity contribution in [2.45, 2.75) is 0 Å². The summed E-state index contributed by atoms with van der Waals surface area (Å²) in [5, 5.41) is 0. The van der Waals surface area contributed by atoms with Gasteiger partial charge < -0.3 is 9.11 Å². The van der Waals surface area contributed by atoms with Crippen molar-refractivity contribution in [1.29, 1.82) is 0 Å². The monoisotopic (exact) mass is 363 g/mol. The molecule has 1 heterocycles. The molecule has 0 atom stereocenters. The van der Waals surface area contributed by atoms with Gasteiger partial charge in [-0.2, -0.15) is 0 Å². The summed E-state index contributed by atoms with van der Waals surface area (Å²) < 4.78 is 62.7. The van der Waals surface area contributed by atoms with Gasteiger partial charge in [-0.05, 0) is 0 Å². The molecule has 1 radical (unpaired) electrons. The van der Waals surface area contributed by atoms with E-state index in [1.54, 1.807) is 0 Å². The second-order valence-electron chi connectivity index (χ2n) is 4.21. The molecule has 0 aliphatic carbocycles. The minimum Gasteiger partial charge on any atom is -0.748 e. The van der Waals surface area contributed by atoms with Crippen molar-refractivity contribution in [3.05, 3.63) is 0 Å². The molecule has 117 valence electrons. The Labute approximate surface area is 124 Å². The van der Waals surface area contributed by atoms with Crippen LogP contribution in [0, 0.1) is 0 Å². The van der Waals surface area contributed by atoms with Crippen molar-refractivity contribution in [1.82, 2.24) is 9.80 Å². The van der Waals surface area contributed by atoms with Crippen molar-refractivity contribution in [2.24, 2.45) is 0 Å². The SMILES string of the molecule is O=S(=O)([O-])CCN1CCN(CCS(=O)(=O)[O-])CC1.[Cu+2]. The topological polar surface area (TPSA) is 121 Å². The Morgan fingerprint density at radius 2 is 1.00 bits per heavy atom. The van der Waals surface area contributed by atoms with Gasteiger partial charge in [-0.15, -0.1) is 0 Å². The maximum atomic E-state index is 10.5. The van der Waals surface area contributed by atoms with Crippen LogP contribution < -0.4 is 0 Å². The van der Waals surface area contributed by atoms with Gasteiger partial charge in [0.2, 0.25) is 0 Å². The van der Waals surface area contributed by atoms with Gasteiger partial charge in [0.25, 0.3) is 0 Å². The van der Waals surface area contributed by atoms with Crippen LogP contribution in [0.15, 0.2) is 0 Å². The molecular formula is C8H16CuN2O6S2. The van der Waals surface area contributed by atoms with E-state index in [9.17, 15) is 25.9 Å². The normalized spacial score (nSPS) is 19.1. The summed E-state index contributed by atoms with van der Waals surface area (Å²) in [6.07, 6.45) is 0. The Bertz CT molecular complexity index is 414. The number of rotatable bonds is 6. The molecule has 0 N–H and O–H groups in total. The molecule has 1 fully saturated rings. The molecule has 8 nitrogen and oxygen atoms in total. The number of hydrogen-bond acceptors (Lipinski definition) is 8. The molecule has 1 aliphatic rings. The number of piperazine rings is 1. The third-order valence-corrected chi connectivity index (χ3v) is 4.15. The van der Waals surface area contributed by atoms with Crippen LogP contribution in [-0.2, 0) is 37.3 Å². The summed E-state index contributed by atoms with van der Waals surface area (Å²) in [7, 11) is -8.39. The fourth-order valence-corrected chi connectivity index (χ4v) is 2.68. The quantitative estimate of drug-likeness (QED) is 0.381. The van der Waals surface area contributed by atoms with Crippen LogP contribution in [-0.4, -0.2) is 86.5 Å². The Kier molecular flexibility index (Phi) is 8.00. The van der Waals surface area contributed by atoms with Crippen molar-refractivity contribution < 1.29 is 43.0 Å². The van der Waals surface area contributed by atoms with Crippen LogP contribution in [0.2, 0.25) is 0 Å². The molecule has 0 spiro atoms. The fourth-order valence-electron chi connectivity index (χ4n) is 1.72. The van der Waals surface area contributed by atoms with E-state index in [4.69, 9.17) is 0 Å². The van der Waals surface area contributed by atoms with Crippen LogP contribution in [0.4, 0.5) is 0 Å². The Hall–Kier alpha value is 0.259. The van der Waals surface area contributed by atoms with E-state index < -0.39 is 31.7 Å². The maximum absolute atomic E-state index is 10.5. The van der Waals surface area contributed by atoms with Gasteiger partial charge in [-0.3, -0.25) is 9.80 Å². The zero-order valence-electron chi connectivity index (χ0n) is 10.1. The molecule has 0 aromatic heterocycles. The van der Waals surface area contributed by atoms with Crippen molar-refractivity contribution in [2.75, 3.05) is 50.8 Å². The molecule has 0 bridgehead atoms. The van der Waals surface area contributed by atoms with E-state index in [2.05, 4.69) is 0 Å². The third kappa shape index (κ3) is 9.74. The zero-order valence-corrected chi connectivity index (χ0v) is 12.7. The van der Waals surface area contributed by atoms with E-state index in [1.807, 2.05) is 9.80 Å². The Morgan fingerprint density at radius 3 is 1.21 bits per heavy atom. The molecule has 1 rings (SSSR count). The first-order chi connectivity index (χ1) is 8.16. The predicted octanol–water partition coefficient (Wildman–Crippen LogP) is -2.31. The predicted molar refractivity (Wildman–Crippen MR) is 62.0 cm³/mol. The van der Waals surface area contributed by atoms with Crippen LogP contribution in [0.25, 0.3) is 0 Å². The first kappa shape index (κ1) is 19.3. The number of nitrogens with zero attached hydrogens (tertiary/aromatic N) is 2. The summed E-state index contributed by atoms with van der Waals surface area (Å²) in [6.45, 7) is 2.64. The van der Waals surface area contributed by atoms with E-state index in [1.165, 1.54) is 0 Å². The van der Waals surface area contributed by atoms with Crippen molar-refractivity contribution in [3.8, 4) is 0 Å². The van der Waals surface area contributed by atoms with Gasteiger partial charge in [-0.25, -0.2) is 16.8 Å². The first-order valence-corrected chi connectivity index (χ1v) is 8.63. The molecular weight excluding hydrogens is 348 g/mol. The van der Waals surface area contributed by atoms with Crippen LogP contribution in [0.5, 0.6) is 0 Å². The van der Waals surface area contributed by atoms with Gasteiger partial charge >= 0.3 is 17.1 Å². The first-order valence-electron chi connectivity index (χ1n) is 5.47. The maximum Gasteiger partial charge on any atom is 2.00 e. The second-order valence-corrected chi connectivity index (χ2v) is 7.25. The summed E-state index contributed by atoms with van der Waals surface area (Å²) in [5.41, 5.74) is 0. The van der Waals surface area contributed by atoms with Gasteiger partial charge in [0, 0.05) is 39.3 Å². The largest absolute Gasteiger partial charge is 2.00 e. The Balaban J connectivity index is 0.00000324. The van der Waals surface area contributed by atoms with Crippen LogP contribution >= 0.6 is 0 Å². The van der Waals surface area contributed by atoms with E-state index >= 15 is 0 Å². The standard InChI is InChI=1S/C8H18N2O6S2.Cu/c11-17(12,13)7-5-9-1-2-10(4-3-9)6-8-18(14,15)16;/h1-8H2,(H,11,12,13)(H,14,15,16);/q;+2/p-2. The van der Waals surface area contributed by atoms with Crippen molar-refractivity contribution in [3.63, 3.8) is 0 Å². The Morgan fingerprint density at radius 1 is 0.737 bits per heavy atom. The van der Waals surface area contributed by atoms with Gasteiger partial charge in [0.15, 0.2) is 0 Å². The molecule has 0 amide bonds. The number of hydrogen-bond donors (Lipinski definition) is 0. The summed E-state index contributed by atoms with van der Waals surface area (Å²) in [5.74, 6) is -0.829. The van der Waals surface area contributed by atoms with E-state index in [0.29, 0.717) is 26.2 Å². The molecule has 11 heteroatoms. The summed E-state index contributed by atoms with van der Waals surface area (Å²) in [6, 6.07) is 0. The third-order valence-electron chi connectivity index (χ3n) is 2.78. The molecule has 1 aliphatic heterocycles. The smallest absolute Gasteiger partial charge is 0.748 e. The molecule has 0 aromatic carbocycles. The van der Waals surface area contributed by atoms with Gasteiger partial charge in [0.1, 0.15) is 0 Å². The van der Waals surface area contributed by atoms with E-state index in [0.717, 1.165) is 0 Å². The van der Waals surface area contributed by atoms with Crippen LogP contribution in [0.1, 0.15) is 0 Å². The average Bonchev–Trinajstić information content (AvgIpc) is 2.23. The van der Waals surface area contributed by atoms with Gasteiger partial charge in [-0.1, -0.05) is 0 Å². The molecule has 0 unspecified atom stereocenters. The average molecular weight is 364 g/mol. The molecule has 0 saturated carbocycles. The minimum atomic E-state index is -4.19. The zero-order chi connectivity index (χ0) is 13.8. The summed E-state index contributed by atoms with van der Waals surface area (Å²) >= 11 is 0. The van der Waals surface area contributed by atoms with E-state index in [-0.39, 0.29) is 30.2 Å². The second kappa shape index (κ2) is 7.89. The summed E-state index contributed by atoms with van der Waals surface area (Å²) in [4.78, 5) is 3.66. The van der Waals surface area contributed by atoms with Crippen molar-refractivity contribution >= 4 is 20.2 Å². The minimum absolute atomic E-state index is 0. The van der Waals surface area contributed by atoms with Crippen LogP contribution in [0.3, 0.4) is 0 Å². The van der Waals surface area contributed by atoms with Gasteiger partial charge in [0.05, 0.1) is 31.7 Å². The molecule has 1 saturated heterocycles. The molecule has 0 aromatic rings. The molecule has 19 heavy (non-hydrogen) atoms. The fraction of sp³-hybridized carbons (Fsp3) is 1.00.